The molecular formula is C15H17ClN2O2S. The Labute approximate surface area is 131 Å². The lowest BCUT2D eigenvalue weighted by Gasteiger charge is -2.36. The second-order valence-electron chi connectivity index (χ2n) is 6.06. The van der Waals surface area contributed by atoms with Gasteiger partial charge in [-0.1, -0.05) is 11.6 Å². The van der Waals surface area contributed by atoms with Gasteiger partial charge in [0.05, 0.1) is 10.5 Å². The molecule has 0 amide bonds. The van der Waals surface area contributed by atoms with Crippen LogP contribution in [0.2, 0.25) is 5.02 Å². The highest BCUT2D eigenvalue weighted by atomic mass is 35.5. The van der Waals surface area contributed by atoms with Crippen molar-refractivity contribution < 1.29 is 4.42 Å². The third-order valence-electron chi connectivity index (χ3n) is 4.82. The maximum absolute atomic E-state index is 11.3. The molecular weight excluding hydrogens is 308 g/mol. The molecule has 21 heavy (non-hydrogen) atoms. The highest BCUT2D eigenvalue weighted by Crippen LogP contribution is 2.43. The van der Waals surface area contributed by atoms with Gasteiger partial charge < -0.3 is 9.32 Å². The fourth-order valence-corrected chi connectivity index (χ4v) is 5.32. The largest absolute Gasteiger partial charge is 0.417 e. The number of halogens is 1. The lowest BCUT2D eigenvalue weighted by Crippen LogP contribution is -2.40. The molecule has 1 unspecified atom stereocenters. The van der Waals surface area contributed by atoms with Gasteiger partial charge in [-0.3, -0.25) is 4.98 Å². The quantitative estimate of drug-likeness (QED) is 0.918. The van der Waals surface area contributed by atoms with E-state index in [1.165, 1.54) is 25.7 Å². The summed E-state index contributed by atoms with van der Waals surface area (Å²) in [7, 11) is 2.25. The van der Waals surface area contributed by atoms with E-state index in [0.717, 1.165) is 4.90 Å². The predicted molar refractivity (Wildman–Crippen MR) is 85.3 cm³/mol. The summed E-state index contributed by atoms with van der Waals surface area (Å²) in [5.41, 5.74) is 1.25. The Morgan fingerprint density at radius 3 is 2.76 bits per heavy atom. The van der Waals surface area contributed by atoms with Crippen molar-refractivity contribution in [2.45, 2.75) is 47.9 Å². The van der Waals surface area contributed by atoms with Crippen molar-refractivity contribution in [1.29, 1.82) is 0 Å². The standard InChI is InChI=1S/C15H17ClN2O2S/c1-18-8-2-3-9(18)5-10(4-8)21-14-7-13-12(6-11(14)16)17-15(19)20-13/h6-10H,2-5H2,1H3,(H,17,19)/t8-,9+,10?. The van der Waals surface area contributed by atoms with E-state index >= 15 is 0 Å². The molecule has 6 heteroatoms. The minimum Gasteiger partial charge on any atom is -0.408 e. The number of fused-ring (bicyclic) bond motifs is 3. The summed E-state index contributed by atoms with van der Waals surface area (Å²) in [5.74, 6) is -0.430. The average molecular weight is 325 g/mol. The molecule has 0 aliphatic carbocycles. The Morgan fingerprint density at radius 1 is 1.33 bits per heavy atom. The molecule has 112 valence electrons. The van der Waals surface area contributed by atoms with Crippen LogP contribution in [0.4, 0.5) is 0 Å². The van der Waals surface area contributed by atoms with Crippen LogP contribution in [0.25, 0.3) is 11.1 Å². The average Bonchev–Trinajstić information content (AvgIpc) is 2.86. The maximum Gasteiger partial charge on any atom is 0.417 e. The third-order valence-corrected chi connectivity index (χ3v) is 6.56. The Morgan fingerprint density at radius 2 is 2.05 bits per heavy atom. The number of hydrogen-bond acceptors (Lipinski definition) is 4. The van der Waals surface area contributed by atoms with E-state index in [2.05, 4.69) is 16.9 Å². The van der Waals surface area contributed by atoms with Crippen LogP contribution in [0.3, 0.4) is 0 Å². The first-order valence-electron chi connectivity index (χ1n) is 7.31. The molecule has 2 aliphatic heterocycles. The molecule has 0 spiro atoms. The summed E-state index contributed by atoms with van der Waals surface area (Å²) < 4.78 is 5.13. The number of nitrogens with one attached hydrogen (secondary N) is 1. The van der Waals surface area contributed by atoms with Crippen molar-refractivity contribution in [3.05, 3.63) is 27.7 Å². The monoisotopic (exact) mass is 324 g/mol. The van der Waals surface area contributed by atoms with Crippen molar-refractivity contribution in [1.82, 2.24) is 9.88 Å². The number of piperidine rings is 1. The van der Waals surface area contributed by atoms with E-state index in [4.69, 9.17) is 16.0 Å². The van der Waals surface area contributed by atoms with Crippen LogP contribution in [0.1, 0.15) is 25.7 Å². The van der Waals surface area contributed by atoms with Gasteiger partial charge in [-0.2, -0.15) is 0 Å². The van der Waals surface area contributed by atoms with Crippen LogP contribution in [0.15, 0.2) is 26.2 Å². The third kappa shape index (κ3) is 2.41. The van der Waals surface area contributed by atoms with Crippen molar-refractivity contribution >= 4 is 34.5 Å². The summed E-state index contributed by atoms with van der Waals surface area (Å²) in [6, 6.07) is 5.11. The van der Waals surface area contributed by atoms with Crippen molar-refractivity contribution in [3.8, 4) is 0 Å². The van der Waals surface area contributed by atoms with E-state index in [-0.39, 0.29) is 0 Å². The number of aromatic nitrogens is 1. The fraction of sp³-hybridized carbons (Fsp3) is 0.533. The zero-order valence-electron chi connectivity index (χ0n) is 11.8. The number of hydrogen-bond donors (Lipinski definition) is 1. The van der Waals surface area contributed by atoms with Gasteiger partial charge in [-0.05, 0) is 44.9 Å². The Kier molecular flexibility index (Phi) is 3.32. The van der Waals surface area contributed by atoms with Crippen molar-refractivity contribution in [2.75, 3.05) is 7.05 Å². The SMILES string of the molecule is CN1[C@@H]2CC[C@H]1CC(Sc1cc3oc(=O)[nH]c3cc1Cl)C2. The molecule has 1 aromatic heterocycles. The van der Waals surface area contributed by atoms with E-state index in [9.17, 15) is 4.79 Å². The summed E-state index contributed by atoms with van der Waals surface area (Å²) in [6.45, 7) is 0. The Bertz CT molecular complexity index is 727. The van der Waals surface area contributed by atoms with Gasteiger partial charge >= 0.3 is 5.76 Å². The van der Waals surface area contributed by atoms with Crippen LogP contribution >= 0.6 is 23.4 Å². The Balaban J connectivity index is 1.59. The molecule has 4 rings (SSSR count). The number of H-pyrrole nitrogens is 1. The summed E-state index contributed by atoms with van der Waals surface area (Å²) in [5, 5.41) is 1.29. The number of nitrogens with zero attached hydrogens (tertiary/aromatic N) is 1. The van der Waals surface area contributed by atoms with Gasteiger partial charge in [0, 0.05) is 22.2 Å². The minimum absolute atomic E-state index is 0.430. The normalized spacial score (nSPS) is 29.3. The summed E-state index contributed by atoms with van der Waals surface area (Å²) >= 11 is 8.18. The lowest BCUT2D eigenvalue weighted by molar-refractivity contribution is 0.183. The molecule has 2 aliphatic rings. The lowest BCUT2D eigenvalue weighted by atomic mass is 10.0. The number of rotatable bonds is 2. The molecule has 3 heterocycles. The molecule has 3 atom stereocenters. The van der Waals surface area contributed by atoms with Gasteiger partial charge in [0.1, 0.15) is 0 Å². The topological polar surface area (TPSA) is 49.2 Å². The van der Waals surface area contributed by atoms with Gasteiger partial charge in [0.25, 0.3) is 0 Å². The fourth-order valence-electron chi connectivity index (χ4n) is 3.68. The van der Waals surface area contributed by atoms with Gasteiger partial charge in [0.15, 0.2) is 5.58 Å². The van der Waals surface area contributed by atoms with Gasteiger partial charge in [-0.25, -0.2) is 4.79 Å². The predicted octanol–water partition coefficient (Wildman–Crippen LogP) is 3.49. The molecule has 4 nitrogen and oxygen atoms in total. The highest BCUT2D eigenvalue weighted by molar-refractivity contribution is 8.00. The first-order chi connectivity index (χ1) is 10.1. The molecule has 2 bridgehead atoms. The number of aromatic amines is 1. The van der Waals surface area contributed by atoms with Crippen LogP contribution in [-0.2, 0) is 0 Å². The summed E-state index contributed by atoms with van der Waals surface area (Å²) in [4.78, 5) is 17.4. The van der Waals surface area contributed by atoms with Crippen LogP contribution in [-0.4, -0.2) is 34.3 Å². The molecule has 2 saturated heterocycles. The molecule has 0 saturated carbocycles. The molecule has 0 radical (unpaired) electrons. The van der Waals surface area contributed by atoms with E-state index < -0.39 is 5.76 Å². The van der Waals surface area contributed by atoms with Crippen LogP contribution in [0, 0.1) is 0 Å². The zero-order valence-corrected chi connectivity index (χ0v) is 13.3. The first-order valence-corrected chi connectivity index (χ1v) is 8.57. The number of thioether (sulfide) groups is 1. The van der Waals surface area contributed by atoms with Crippen LogP contribution in [0.5, 0.6) is 0 Å². The minimum atomic E-state index is -0.430. The Hall–Kier alpha value is -0.910. The van der Waals surface area contributed by atoms with E-state index in [1.54, 1.807) is 6.07 Å². The highest BCUT2D eigenvalue weighted by Gasteiger charge is 2.38. The smallest absolute Gasteiger partial charge is 0.408 e. The molecule has 1 aromatic carbocycles. The van der Waals surface area contributed by atoms with Crippen molar-refractivity contribution in [3.63, 3.8) is 0 Å². The van der Waals surface area contributed by atoms with Gasteiger partial charge in [0.2, 0.25) is 0 Å². The maximum atomic E-state index is 11.3. The zero-order chi connectivity index (χ0) is 14.6. The second kappa shape index (κ2) is 5.07. The van der Waals surface area contributed by atoms with Crippen LogP contribution < -0.4 is 5.76 Å². The van der Waals surface area contributed by atoms with E-state index in [0.29, 0.717) is 33.5 Å². The molecule has 2 aromatic rings. The first kappa shape index (κ1) is 13.7. The van der Waals surface area contributed by atoms with Crippen molar-refractivity contribution in [2.24, 2.45) is 0 Å². The number of benzene rings is 1. The van der Waals surface area contributed by atoms with Gasteiger partial charge in [-0.15, -0.1) is 11.8 Å². The molecule has 1 N–H and O–H groups in total. The second-order valence-corrected chi connectivity index (χ2v) is 7.80. The molecule has 2 fully saturated rings. The summed E-state index contributed by atoms with van der Waals surface area (Å²) in [6.07, 6.45) is 5.06. The van der Waals surface area contributed by atoms with E-state index in [1.807, 2.05) is 17.8 Å². The number of oxazole rings is 1.